The van der Waals surface area contributed by atoms with Crippen molar-refractivity contribution < 1.29 is 4.79 Å². The molecule has 0 aliphatic heterocycles. The van der Waals surface area contributed by atoms with Crippen LogP contribution in [0, 0.1) is 24.7 Å². The van der Waals surface area contributed by atoms with Crippen LogP contribution in [0.2, 0.25) is 0 Å². The fourth-order valence-corrected chi connectivity index (χ4v) is 4.15. The second-order valence-electron chi connectivity index (χ2n) is 7.28. The molecule has 5 nitrogen and oxygen atoms in total. The minimum atomic E-state index is -0.153. The van der Waals surface area contributed by atoms with E-state index in [1.54, 1.807) is 6.20 Å². The SMILES string of the molecule is Cc1nccc(-c2cccc(NC(=O)NCC[C@@H]3C[C@@H]4C=C[C@H]3C4)c2)n1. The summed E-state index contributed by atoms with van der Waals surface area (Å²) in [5.41, 5.74) is 2.58. The fraction of sp³-hybridized carbons (Fsp3) is 0.381. The number of rotatable bonds is 5. The number of hydrogen-bond donors (Lipinski definition) is 2. The maximum atomic E-state index is 12.2. The van der Waals surface area contributed by atoms with Gasteiger partial charge in [0, 0.05) is 24.0 Å². The van der Waals surface area contributed by atoms with Crippen LogP contribution in [0.5, 0.6) is 0 Å². The number of carbonyl (C=O) groups is 1. The molecule has 2 aliphatic carbocycles. The van der Waals surface area contributed by atoms with Gasteiger partial charge in [0.05, 0.1) is 5.69 Å². The highest BCUT2D eigenvalue weighted by molar-refractivity contribution is 5.90. The summed E-state index contributed by atoms with van der Waals surface area (Å²) < 4.78 is 0. The van der Waals surface area contributed by atoms with Gasteiger partial charge in [0.25, 0.3) is 0 Å². The van der Waals surface area contributed by atoms with E-state index in [0.29, 0.717) is 0 Å². The lowest BCUT2D eigenvalue weighted by molar-refractivity contribution is 0.250. The molecule has 3 atom stereocenters. The molecule has 0 radical (unpaired) electrons. The predicted molar refractivity (Wildman–Crippen MR) is 103 cm³/mol. The predicted octanol–water partition coefficient (Wildman–Crippen LogP) is 4.18. The number of allylic oxidation sites excluding steroid dienone is 2. The molecule has 2 aliphatic rings. The van der Waals surface area contributed by atoms with E-state index in [4.69, 9.17) is 0 Å². The lowest BCUT2D eigenvalue weighted by Crippen LogP contribution is -2.31. The molecule has 134 valence electrons. The molecule has 0 unspecified atom stereocenters. The third-order valence-corrected chi connectivity index (χ3v) is 5.41. The first-order chi connectivity index (χ1) is 12.7. The first-order valence-corrected chi connectivity index (χ1v) is 9.30. The smallest absolute Gasteiger partial charge is 0.319 e. The van der Waals surface area contributed by atoms with Gasteiger partial charge in [0.1, 0.15) is 5.82 Å². The molecule has 2 N–H and O–H groups in total. The van der Waals surface area contributed by atoms with Crippen LogP contribution >= 0.6 is 0 Å². The zero-order chi connectivity index (χ0) is 17.9. The zero-order valence-corrected chi connectivity index (χ0v) is 15.0. The fourth-order valence-electron chi connectivity index (χ4n) is 4.15. The van der Waals surface area contributed by atoms with Crippen molar-refractivity contribution in [3.8, 4) is 11.3 Å². The third kappa shape index (κ3) is 3.77. The lowest BCUT2D eigenvalue weighted by Gasteiger charge is -2.18. The van der Waals surface area contributed by atoms with E-state index in [1.807, 2.05) is 37.3 Å². The Labute approximate surface area is 154 Å². The van der Waals surface area contributed by atoms with Gasteiger partial charge in [-0.2, -0.15) is 0 Å². The molecule has 5 heteroatoms. The maximum Gasteiger partial charge on any atom is 0.319 e. The molecule has 2 aromatic rings. The minimum Gasteiger partial charge on any atom is -0.338 e. The summed E-state index contributed by atoms with van der Waals surface area (Å²) in [7, 11) is 0. The highest BCUT2D eigenvalue weighted by atomic mass is 16.2. The first-order valence-electron chi connectivity index (χ1n) is 9.30. The number of aryl methyl sites for hydroxylation is 1. The van der Waals surface area contributed by atoms with Crippen LogP contribution < -0.4 is 10.6 Å². The van der Waals surface area contributed by atoms with E-state index in [0.717, 1.165) is 53.5 Å². The van der Waals surface area contributed by atoms with E-state index in [2.05, 4.69) is 32.8 Å². The highest BCUT2D eigenvalue weighted by Gasteiger charge is 2.34. The van der Waals surface area contributed by atoms with Gasteiger partial charge in [-0.1, -0.05) is 24.3 Å². The Morgan fingerprint density at radius 1 is 1.23 bits per heavy atom. The quantitative estimate of drug-likeness (QED) is 0.797. The van der Waals surface area contributed by atoms with Gasteiger partial charge in [-0.05, 0) is 62.1 Å². The van der Waals surface area contributed by atoms with Gasteiger partial charge in [-0.15, -0.1) is 0 Å². The first kappa shape index (κ1) is 16.8. The number of nitrogens with zero attached hydrogens (tertiary/aromatic N) is 2. The summed E-state index contributed by atoms with van der Waals surface area (Å²) in [5.74, 6) is 2.98. The van der Waals surface area contributed by atoms with Gasteiger partial charge in [-0.3, -0.25) is 0 Å². The van der Waals surface area contributed by atoms with Gasteiger partial charge in [0.15, 0.2) is 0 Å². The number of hydrogen-bond acceptors (Lipinski definition) is 3. The van der Waals surface area contributed by atoms with Crippen molar-refractivity contribution in [3.05, 3.63) is 54.5 Å². The van der Waals surface area contributed by atoms with Crippen molar-refractivity contribution in [1.82, 2.24) is 15.3 Å². The number of amides is 2. The largest absolute Gasteiger partial charge is 0.338 e. The van der Waals surface area contributed by atoms with Crippen molar-refractivity contribution in [3.63, 3.8) is 0 Å². The van der Waals surface area contributed by atoms with E-state index < -0.39 is 0 Å². The number of urea groups is 1. The topological polar surface area (TPSA) is 66.9 Å². The summed E-state index contributed by atoms with van der Waals surface area (Å²) >= 11 is 0. The lowest BCUT2D eigenvalue weighted by atomic mass is 9.91. The van der Waals surface area contributed by atoms with E-state index >= 15 is 0 Å². The van der Waals surface area contributed by atoms with Crippen LogP contribution in [0.4, 0.5) is 10.5 Å². The van der Waals surface area contributed by atoms with E-state index in [1.165, 1.54) is 12.8 Å². The Morgan fingerprint density at radius 3 is 2.92 bits per heavy atom. The van der Waals surface area contributed by atoms with Gasteiger partial charge < -0.3 is 10.6 Å². The standard InChI is InChI=1S/C21H24N4O/c1-14-22-10-8-20(24-14)18-3-2-4-19(13-18)25-21(26)23-9-7-17-12-15-5-6-16(17)11-15/h2-6,8,10,13,15-17H,7,9,11-12H2,1H3,(H2,23,25,26)/t15-,16+,17-/m1/s1. The van der Waals surface area contributed by atoms with Gasteiger partial charge in [0.2, 0.25) is 0 Å². The molecule has 26 heavy (non-hydrogen) atoms. The number of fused-ring (bicyclic) bond motifs is 2. The molecule has 1 aromatic carbocycles. The third-order valence-electron chi connectivity index (χ3n) is 5.41. The van der Waals surface area contributed by atoms with E-state index in [-0.39, 0.29) is 6.03 Å². The second kappa shape index (κ2) is 7.28. The Balaban J connectivity index is 1.30. The van der Waals surface area contributed by atoms with Crippen molar-refractivity contribution in [2.24, 2.45) is 17.8 Å². The summed E-state index contributed by atoms with van der Waals surface area (Å²) in [6.45, 7) is 2.59. The molecule has 1 saturated carbocycles. The molecule has 1 heterocycles. The maximum absolute atomic E-state index is 12.2. The van der Waals surface area contributed by atoms with Crippen LogP contribution in [0.15, 0.2) is 48.7 Å². The molecular weight excluding hydrogens is 324 g/mol. The molecule has 1 fully saturated rings. The molecule has 2 amide bonds. The summed E-state index contributed by atoms with van der Waals surface area (Å²) in [4.78, 5) is 20.7. The number of anilines is 1. The van der Waals surface area contributed by atoms with Crippen LogP contribution in [0.25, 0.3) is 11.3 Å². The average Bonchev–Trinajstić information content (AvgIpc) is 3.25. The number of aromatic nitrogens is 2. The molecule has 1 aromatic heterocycles. The molecule has 0 spiro atoms. The van der Waals surface area contributed by atoms with E-state index in [9.17, 15) is 4.79 Å². The monoisotopic (exact) mass is 348 g/mol. The Kier molecular flexibility index (Phi) is 4.69. The van der Waals surface area contributed by atoms with Crippen molar-refractivity contribution in [2.45, 2.75) is 26.2 Å². The van der Waals surface area contributed by atoms with Gasteiger partial charge >= 0.3 is 6.03 Å². The Morgan fingerprint density at radius 2 is 2.15 bits per heavy atom. The minimum absolute atomic E-state index is 0.153. The van der Waals surface area contributed by atoms with Crippen LogP contribution in [0.3, 0.4) is 0 Å². The summed E-state index contributed by atoms with van der Waals surface area (Å²) in [5, 5.41) is 5.90. The molecule has 4 rings (SSSR count). The second-order valence-corrected chi connectivity index (χ2v) is 7.28. The Bertz CT molecular complexity index is 832. The van der Waals surface area contributed by atoms with Crippen molar-refractivity contribution >= 4 is 11.7 Å². The summed E-state index contributed by atoms with van der Waals surface area (Å²) in [6.07, 6.45) is 10.1. The zero-order valence-electron chi connectivity index (χ0n) is 15.0. The molecule has 2 bridgehead atoms. The number of carbonyl (C=O) groups excluding carboxylic acids is 1. The van der Waals surface area contributed by atoms with Crippen molar-refractivity contribution in [1.29, 1.82) is 0 Å². The number of nitrogens with one attached hydrogen (secondary N) is 2. The van der Waals surface area contributed by atoms with Crippen molar-refractivity contribution in [2.75, 3.05) is 11.9 Å². The average molecular weight is 348 g/mol. The molecule has 0 saturated heterocycles. The highest BCUT2D eigenvalue weighted by Crippen LogP contribution is 2.44. The number of benzene rings is 1. The summed E-state index contributed by atoms with van der Waals surface area (Å²) in [6, 6.07) is 9.44. The van der Waals surface area contributed by atoms with Crippen LogP contribution in [-0.2, 0) is 0 Å². The van der Waals surface area contributed by atoms with Gasteiger partial charge in [-0.25, -0.2) is 14.8 Å². The van der Waals surface area contributed by atoms with Crippen LogP contribution in [0.1, 0.15) is 25.1 Å². The normalized spacial score (nSPS) is 23.2. The van der Waals surface area contributed by atoms with Crippen LogP contribution in [-0.4, -0.2) is 22.5 Å². The molecular formula is C21H24N4O. The Hall–Kier alpha value is -2.69.